The predicted molar refractivity (Wildman–Crippen MR) is 67.8 cm³/mol. The molecule has 0 radical (unpaired) electrons. The van der Waals surface area contributed by atoms with E-state index in [1.807, 2.05) is 0 Å². The lowest BCUT2D eigenvalue weighted by atomic mass is 10.3. The van der Waals surface area contributed by atoms with Gasteiger partial charge in [0.15, 0.2) is 0 Å². The molecule has 0 amide bonds. The molecule has 0 atom stereocenters. The van der Waals surface area contributed by atoms with E-state index < -0.39 is 39.7 Å². The fourth-order valence-electron chi connectivity index (χ4n) is 1.04. The molecular formula is C9H11Cl2F3N2O2S. The van der Waals surface area contributed by atoms with Crippen molar-refractivity contribution >= 4 is 34.0 Å². The summed E-state index contributed by atoms with van der Waals surface area (Å²) in [4.78, 5) is -0.750. The van der Waals surface area contributed by atoms with Crippen LogP contribution in [0.15, 0.2) is 23.1 Å². The first kappa shape index (κ1) is 18.5. The standard InChI is InChI=1S/C9H10ClF3N2O2S.ClH/c10-6-1-2-8(7(11)3-6)18(16,17)15-5-9(12,13)4-14;/h1-3,15H,4-5,14H2;1H. The predicted octanol–water partition coefficient (Wildman–Crippen LogP) is 1.77. The maximum Gasteiger partial charge on any atom is 0.273 e. The van der Waals surface area contributed by atoms with Crippen molar-refractivity contribution in [3.63, 3.8) is 0 Å². The SMILES string of the molecule is Cl.NCC(F)(F)CNS(=O)(=O)c1ccc(Cl)cc1F. The van der Waals surface area contributed by atoms with Crippen LogP contribution in [-0.4, -0.2) is 27.4 Å². The summed E-state index contributed by atoms with van der Waals surface area (Å²) in [5.74, 6) is -4.51. The van der Waals surface area contributed by atoms with Crippen molar-refractivity contribution in [2.45, 2.75) is 10.8 Å². The second kappa shape index (κ2) is 6.76. The number of sulfonamides is 1. The Morgan fingerprint density at radius 2 is 1.95 bits per heavy atom. The molecule has 3 N–H and O–H groups in total. The van der Waals surface area contributed by atoms with Gasteiger partial charge in [-0.15, -0.1) is 12.4 Å². The number of rotatable bonds is 5. The van der Waals surface area contributed by atoms with Crippen LogP contribution < -0.4 is 10.5 Å². The Morgan fingerprint density at radius 1 is 1.37 bits per heavy atom. The van der Waals surface area contributed by atoms with Crippen molar-refractivity contribution in [2.75, 3.05) is 13.1 Å². The van der Waals surface area contributed by atoms with E-state index in [1.54, 1.807) is 4.72 Å². The minimum atomic E-state index is -4.37. The summed E-state index contributed by atoms with van der Waals surface area (Å²) in [7, 11) is -4.37. The molecule has 4 nitrogen and oxygen atoms in total. The average Bonchev–Trinajstić information content (AvgIpc) is 2.26. The van der Waals surface area contributed by atoms with E-state index in [-0.39, 0.29) is 17.4 Å². The van der Waals surface area contributed by atoms with Gasteiger partial charge < -0.3 is 5.73 Å². The first-order valence-corrected chi connectivity index (χ1v) is 6.57. The number of nitrogens with one attached hydrogen (secondary N) is 1. The molecule has 0 aromatic heterocycles. The van der Waals surface area contributed by atoms with E-state index >= 15 is 0 Å². The molecule has 1 aromatic rings. The smallest absolute Gasteiger partial charge is 0.273 e. The normalized spacial score (nSPS) is 12.1. The van der Waals surface area contributed by atoms with Crippen LogP contribution in [0.2, 0.25) is 5.02 Å². The van der Waals surface area contributed by atoms with Crippen molar-refractivity contribution in [3.8, 4) is 0 Å². The van der Waals surface area contributed by atoms with Crippen LogP contribution in [0.3, 0.4) is 0 Å². The van der Waals surface area contributed by atoms with Crippen LogP contribution in [0.1, 0.15) is 0 Å². The molecule has 110 valence electrons. The van der Waals surface area contributed by atoms with Gasteiger partial charge in [0.05, 0.1) is 13.1 Å². The van der Waals surface area contributed by atoms with Crippen molar-refractivity contribution in [3.05, 3.63) is 29.0 Å². The number of hydrogen-bond donors (Lipinski definition) is 2. The second-order valence-electron chi connectivity index (χ2n) is 3.46. The van der Waals surface area contributed by atoms with Gasteiger partial charge in [-0.05, 0) is 18.2 Å². The minimum Gasteiger partial charge on any atom is -0.325 e. The lowest BCUT2D eigenvalue weighted by Gasteiger charge is -2.15. The van der Waals surface area contributed by atoms with Gasteiger partial charge >= 0.3 is 0 Å². The van der Waals surface area contributed by atoms with Crippen LogP contribution in [0.25, 0.3) is 0 Å². The van der Waals surface area contributed by atoms with Gasteiger partial charge in [0, 0.05) is 5.02 Å². The van der Waals surface area contributed by atoms with Crippen LogP contribution in [-0.2, 0) is 10.0 Å². The fraction of sp³-hybridized carbons (Fsp3) is 0.333. The fourth-order valence-corrected chi connectivity index (χ4v) is 2.32. The minimum absolute atomic E-state index is 0. The van der Waals surface area contributed by atoms with Crippen LogP contribution in [0.5, 0.6) is 0 Å². The van der Waals surface area contributed by atoms with E-state index in [0.29, 0.717) is 0 Å². The average molecular weight is 339 g/mol. The summed E-state index contributed by atoms with van der Waals surface area (Å²) in [5, 5.41) is -0.00117. The quantitative estimate of drug-likeness (QED) is 0.859. The Hall–Kier alpha value is -0.540. The summed E-state index contributed by atoms with van der Waals surface area (Å²) in [6, 6.07) is 2.80. The molecule has 0 spiro atoms. The van der Waals surface area contributed by atoms with Gasteiger partial charge in [0.2, 0.25) is 10.0 Å². The lowest BCUT2D eigenvalue weighted by molar-refractivity contribution is 0.0170. The Labute approximate surface area is 119 Å². The first-order valence-electron chi connectivity index (χ1n) is 4.70. The molecule has 0 heterocycles. The van der Waals surface area contributed by atoms with Crippen molar-refractivity contribution in [1.29, 1.82) is 0 Å². The molecule has 0 aliphatic carbocycles. The monoisotopic (exact) mass is 338 g/mol. The Balaban J connectivity index is 0.00000324. The molecule has 0 bridgehead atoms. The number of hydrogen-bond acceptors (Lipinski definition) is 3. The molecule has 0 aliphatic rings. The zero-order valence-corrected chi connectivity index (χ0v) is 11.8. The molecule has 0 saturated heterocycles. The van der Waals surface area contributed by atoms with Gasteiger partial charge in [-0.2, -0.15) is 0 Å². The molecule has 1 rings (SSSR count). The highest BCUT2D eigenvalue weighted by Gasteiger charge is 2.30. The van der Waals surface area contributed by atoms with E-state index in [1.165, 1.54) is 0 Å². The third-order valence-corrected chi connectivity index (χ3v) is 3.67. The largest absolute Gasteiger partial charge is 0.325 e. The van der Waals surface area contributed by atoms with E-state index in [2.05, 4.69) is 0 Å². The number of halogens is 5. The van der Waals surface area contributed by atoms with E-state index in [9.17, 15) is 21.6 Å². The van der Waals surface area contributed by atoms with Gasteiger partial charge in [-0.3, -0.25) is 0 Å². The maximum absolute atomic E-state index is 13.3. The van der Waals surface area contributed by atoms with Gasteiger partial charge in [-0.25, -0.2) is 26.3 Å². The van der Waals surface area contributed by atoms with Gasteiger partial charge in [0.25, 0.3) is 5.92 Å². The zero-order valence-electron chi connectivity index (χ0n) is 9.37. The summed E-state index contributed by atoms with van der Waals surface area (Å²) < 4.78 is 63.6. The third kappa shape index (κ3) is 5.15. The lowest BCUT2D eigenvalue weighted by Crippen LogP contribution is -2.41. The van der Waals surface area contributed by atoms with Gasteiger partial charge in [-0.1, -0.05) is 11.6 Å². The summed E-state index contributed by atoms with van der Waals surface area (Å²) >= 11 is 5.45. The summed E-state index contributed by atoms with van der Waals surface area (Å²) in [6.07, 6.45) is 0. The van der Waals surface area contributed by atoms with Crippen LogP contribution in [0, 0.1) is 5.82 Å². The number of nitrogens with two attached hydrogens (primary N) is 1. The van der Waals surface area contributed by atoms with Crippen molar-refractivity contribution < 1.29 is 21.6 Å². The third-order valence-electron chi connectivity index (χ3n) is 2.00. The highest BCUT2D eigenvalue weighted by molar-refractivity contribution is 7.89. The van der Waals surface area contributed by atoms with Crippen molar-refractivity contribution in [1.82, 2.24) is 4.72 Å². The maximum atomic E-state index is 13.3. The molecular weight excluding hydrogens is 328 g/mol. The van der Waals surface area contributed by atoms with Crippen molar-refractivity contribution in [2.24, 2.45) is 5.73 Å². The Kier molecular flexibility index (Phi) is 6.56. The second-order valence-corrected chi connectivity index (χ2v) is 5.63. The zero-order chi connectivity index (χ0) is 14.0. The molecule has 0 aliphatic heterocycles. The molecule has 1 aromatic carbocycles. The molecule has 0 fully saturated rings. The Bertz CT molecular complexity index is 540. The highest BCUT2D eigenvalue weighted by atomic mass is 35.5. The van der Waals surface area contributed by atoms with Crippen LogP contribution in [0.4, 0.5) is 13.2 Å². The summed E-state index contributed by atoms with van der Waals surface area (Å²) in [5.41, 5.74) is 4.75. The topological polar surface area (TPSA) is 72.2 Å². The molecule has 10 heteroatoms. The molecule has 19 heavy (non-hydrogen) atoms. The molecule has 0 unspecified atom stereocenters. The summed E-state index contributed by atoms with van der Waals surface area (Å²) in [6.45, 7) is -2.22. The Morgan fingerprint density at radius 3 is 2.42 bits per heavy atom. The highest BCUT2D eigenvalue weighted by Crippen LogP contribution is 2.19. The molecule has 0 saturated carbocycles. The number of alkyl halides is 2. The van der Waals surface area contributed by atoms with Crippen LogP contribution >= 0.6 is 24.0 Å². The van der Waals surface area contributed by atoms with E-state index in [4.69, 9.17) is 17.3 Å². The number of benzene rings is 1. The van der Waals surface area contributed by atoms with Gasteiger partial charge in [0.1, 0.15) is 10.7 Å². The van der Waals surface area contributed by atoms with E-state index in [0.717, 1.165) is 18.2 Å². The first-order chi connectivity index (χ1) is 8.18.